The highest BCUT2D eigenvalue weighted by Gasteiger charge is 2.31. The Kier molecular flexibility index (Phi) is 6.11. The van der Waals surface area contributed by atoms with Crippen LogP contribution in [0.1, 0.15) is 5.56 Å². The fourth-order valence-corrected chi connectivity index (χ4v) is 2.21. The molecule has 2 N–H and O–H groups in total. The van der Waals surface area contributed by atoms with Crippen molar-refractivity contribution in [1.82, 2.24) is 4.90 Å². The van der Waals surface area contributed by atoms with Crippen molar-refractivity contribution in [2.24, 2.45) is 10.7 Å². The maximum absolute atomic E-state index is 12.7. The number of halogens is 4. The molecule has 0 aliphatic carbocycles. The van der Waals surface area contributed by atoms with Gasteiger partial charge in [0.05, 0.1) is 5.56 Å². The number of alkyl halides is 3. The van der Waals surface area contributed by atoms with Crippen LogP contribution < -0.4 is 10.6 Å². The van der Waals surface area contributed by atoms with E-state index < -0.39 is 11.7 Å². The number of aliphatic imine (C=N–C) groups is 1. The summed E-state index contributed by atoms with van der Waals surface area (Å²) in [5.74, 6) is 0.466. The summed E-state index contributed by atoms with van der Waals surface area (Å²) >= 11 is 0. The number of benzene rings is 1. The molecule has 4 nitrogen and oxygen atoms in total. The van der Waals surface area contributed by atoms with Gasteiger partial charge in [-0.2, -0.15) is 13.2 Å². The van der Waals surface area contributed by atoms with Gasteiger partial charge in [0.1, 0.15) is 0 Å². The van der Waals surface area contributed by atoms with Crippen LogP contribution in [-0.2, 0) is 6.18 Å². The third kappa shape index (κ3) is 4.39. The zero-order valence-electron chi connectivity index (χ0n) is 11.6. The van der Waals surface area contributed by atoms with Crippen LogP contribution in [0.2, 0.25) is 0 Å². The lowest BCUT2D eigenvalue weighted by Crippen LogP contribution is -2.51. The molecule has 0 radical (unpaired) electrons. The van der Waals surface area contributed by atoms with Crippen LogP contribution in [-0.4, -0.2) is 44.1 Å². The Hall–Kier alpha value is -1.19. The van der Waals surface area contributed by atoms with Crippen LogP contribution in [0.3, 0.4) is 0 Å². The summed E-state index contributed by atoms with van der Waals surface area (Å²) in [7, 11) is 1.62. The number of guanidine groups is 1. The molecule has 0 spiro atoms. The molecule has 1 fully saturated rings. The molecular weight excluding hydrogens is 396 g/mol. The zero-order valence-corrected chi connectivity index (χ0v) is 13.9. The SMILES string of the molecule is CN=C(N)N1CCN(c2cccc(C(F)(F)F)c2)CC1.I. The molecule has 0 saturated carbocycles. The van der Waals surface area contributed by atoms with Crippen molar-refractivity contribution < 1.29 is 13.2 Å². The summed E-state index contributed by atoms with van der Waals surface area (Å²) in [4.78, 5) is 7.76. The average molecular weight is 414 g/mol. The average Bonchev–Trinajstić information content (AvgIpc) is 2.46. The second kappa shape index (κ2) is 7.19. The summed E-state index contributed by atoms with van der Waals surface area (Å²) in [6.07, 6.45) is -4.31. The first-order valence-electron chi connectivity index (χ1n) is 6.31. The van der Waals surface area contributed by atoms with Gasteiger partial charge in [-0.1, -0.05) is 6.07 Å². The molecule has 0 atom stereocenters. The molecule has 0 amide bonds. The summed E-state index contributed by atoms with van der Waals surface area (Å²) in [6, 6.07) is 5.41. The van der Waals surface area contributed by atoms with E-state index in [1.54, 1.807) is 13.1 Å². The Balaban J connectivity index is 0.00000220. The van der Waals surface area contributed by atoms with Crippen LogP contribution in [0, 0.1) is 0 Å². The molecule has 21 heavy (non-hydrogen) atoms. The standard InChI is InChI=1S/C13H17F3N4.HI/c1-18-12(17)20-7-5-19(6-8-20)11-4-2-3-10(9-11)13(14,15)16;/h2-4,9H,5-8H2,1H3,(H2,17,18);1H. The van der Waals surface area contributed by atoms with Crippen molar-refractivity contribution >= 4 is 35.6 Å². The number of hydrogen-bond donors (Lipinski definition) is 1. The largest absolute Gasteiger partial charge is 0.416 e. The van der Waals surface area contributed by atoms with Crippen molar-refractivity contribution in [3.05, 3.63) is 29.8 Å². The Labute approximate surface area is 138 Å². The maximum atomic E-state index is 12.7. The molecule has 1 saturated heterocycles. The van der Waals surface area contributed by atoms with Crippen molar-refractivity contribution in [3.63, 3.8) is 0 Å². The highest BCUT2D eigenvalue weighted by atomic mass is 127. The first-order valence-corrected chi connectivity index (χ1v) is 6.31. The van der Waals surface area contributed by atoms with Crippen LogP contribution in [0.5, 0.6) is 0 Å². The first kappa shape index (κ1) is 17.9. The molecule has 1 aromatic rings. The van der Waals surface area contributed by atoms with Gasteiger partial charge in [-0.15, -0.1) is 24.0 Å². The van der Waals surface area contributed by atoms with Crippen LogP contribution >= 0.6 is 24.0 Å². The molecule has 1 aliphatic heterocycles. The molecule has 0 aromatic heterocycles. The van der Waals surface area contributed by atoms with E-state index in [1.165, 1.54) is 12.1 Å². The van der Waals surface area contributed by atoms with Crippen molar-refractivity contribution in [1.29, 1.82) is 0 Å². The van der Waals surface area contributed by atoms with E-state index in [2.05, 4.69) is 4.99 Å². The van der Waals surface area contributed by atoms with E-state index in [4.69, 9.17) is 5.73 Å². The number of nitrogens with two attached hydrogens (primary N) is 1. The lowest BCUT2D eigenvalue weighted by atomic mass is 10.1. The van der Waals surface area contributed by atoms with Crippen molar-refractivity contribution in [2.45, 2.75) is 6.18 Å². The molecule has 1 heterocycles. The van der Waals surface area contributed by atoms with Crippen LogP contribution in [0.15, 0.2) is 29.3 Å². The van der Waals surface area contributed by atoms with E-state index in [-0.39, 0.29) is 24.0 Å². The third-order valence-electron chi connectivity index (χ3n) is 3.37. The Morgan fingerprint density at radius 1 is 1.19 bits per heavy atom. The predicted molar refractivity (Wildman–Crippen MR) is 88.2 cm³/mol. The minimum atomic E-state index is -4.31. The van der Waals surface area contributed by atoms with E-state index in [9.17, 15) is 13.2 Å². The molecule has 0 bridgehead atoms. The summed E-state index contributed by atoms with van der Waals surface area (Å²) in [5.41, 5.74) is 5.69. The summed E-state index contributed by atoms with van der Waals surface area (Å²) in [6.45, 7) is 2.55. The number of rotatable bonds is 1. The second-order valence-corrected chi connectivity index (χ2v) is 4.60. The second-order valence-electron chi connectivity index (χ2n) is 4.60. The molecule has 8 heteroatoms. The normalized spacial score (nSPS) is 16.7. The molecule has 1 aromatic carbocycles. The monoisotopic (exact) mass is 414 g/mol. The number of hydrogen-bond acceptors (Lipinski definition) is 2. The Morgan fingerprint density at radius 2 is 1.81 bits per heavy atom. The van der Waals surface area contributed by atoms with Gasteiger partial charge in [0.15, 0.2) is 5.96 Å². The van der Waals surface area contributed by atoms with Gasteiger partial charge >= 0.3 is 6.18 Å². The molecule has 2 rings (SSSR count). The number of piperazine rings is 1. The fourth-order valence-electron chi connectivity index (χ4n) is 2.21. The maximum Gasteiger partial charge on any atom is 0.416 e. The quantitative estimate of drug-likeness (QED) is 0.436. The van der Waals surface area contributed by atoms with E-state index in [0.29, 0.717) is 37.8 Å². The van der Waals surface area contributed by atoms with E-state index in [0.717, 1.165) is 6.07 Å². The summed E-state index contributed by atoms with van der Waals surface area (Å²) < 4.78 is 38.1. The van der Waals surface area contributed by atoms with Gasteiger partial charge < -0.3 is 15.5 Å². The van der Waals surface area contributed by atoms with Gasteiger partial charge in [0.25, 0.3) is 0 Å². The number of nitrogens with zero attached hydrogens (tertiary/aromatic N) is 3. The fraction of sp³-hybridized carbons (Fsp3) is 0.462. The van der Waals surface area contributed by atoms with Gasteiger partial charge in [0, 0.05) is 38.9 Å². The molecule has 118 valence electrons. The third-order valence-corrected chi connectivity index (χ3v) is 3.37. The Morgan fingerprint density at radius 3 is 2.33 bits per heavy atom. The highest BCUT2D eigenvalue weighted by Crippen LogP contribution is 2.31. The molecular formula is C13H18F3IN4. The Bertz CT molecular complexity index is 496. The van der Waals surface area contributed by atoms with E-state index in [1.807, 2.05) is 9.80 Å². The van der Waals surface area contributed by atoms with Crippen LogP contribution in [0.25, 0.3) is 0 Å². The van der Waals surface area contributed by atoms with E-state index >= 15 is 0 Å². The van der Waals surface area contributed by atoms with Crippen molar-refractivity contribution in [2.75, 3.05) is 38.1 Å². The van der Waals surface area contributed by atoms with Gasteiger partial charge in [0.2, 0.25) is 0 Å². The van der Waals surface area contributed by atoms with Gasteiger partial charge in [-0.25, -0.2) is 0 Å². The first-order chi connectivity index (χ1) is 9.41. The lowest BCUT2D eigenvalue weighted by molar-refractivity contribution is -0.137. The topological polar surface area (TPSA) is 44.9 Å². The van der Waals surface area contributed by atoms with Gasteiger partial charge in [-0.05, 0) is 18.2 Å². The predicted octanol–water partition coefficient (Wildman–Crippen LogP) is 2.39. The molecule has 1 aliphatic rings. The minimum Gasteiger partial charge on any atom is -0.370 e. The zero-order chi connectivity index (χ0) is 14.8. The lowest BCUT2D eigenvalue weighted by Gasteiger charge is -2.36. The van der Waals surface area contributed by atoms with Crippen LogP contribution in [0.4, 0.5) is 18.9 Å². The van der Waals surface area contributed by atoms with Gasteiger partial charge in [-0.3, -0.25) is 4.99 Å². The smallest absolute Gasteiger partial charge is 0.370 e. The number of anilines is 1. The molecule has 0 unspecified atom stereocenters. The summed E-state index contributed by atoms with van der Waals surface area (Å²) in [5, 5.41) is 0. The minimum absolute atomic E-state index is 0. The highest BCUT2D eigenvalue weighted by molar-refractivity contribution is 14.0. The van der Waals surface area contributed by atoms with Crippen molar-refractivity contribution in [3.8, 4) is 0 Å².